The fraction of sp³-hybridized carbons (Fsp3) is 0.342. The van der Waals surface area contributed by atoms with Gasteiger partial charge < -0.3 is 42.6 Å². The fourth-order valence-corrected chi connectivity index (χ4v) is 5.45. The summed E-state index contributed by atoms with van der Waals surface area (Å²) in [6, 6.07) is 24.3. The molecule has 0 saturated carbocycles. The average Bonchev–Trinajstić information content (AvgIpc) is 3.16. The molecule has 2 aliphatic rings. The molecule has 0 aliphatic carbocycles. The van der Waals surface area contributed by atoms with E-state index in [0.717, 1.165) is 0 Å². The Morgan fingerprint density at radius 1 is 0.558 bits per heavy atom. The highest BCUT2D eigenvalue weighted by atomic mass is 16.7. The number of hydrogen-bond acceptors (Lipinski definition) is 14. The van der Waals surface area contributed by atoms with Gasteiger partial charge in [-0.1, -0.05) is 54.6 Å². The zero-order valence-corrected chi connectivity index (χ0v) is 28.6. The van der Waals surface area contributed by atoms with Gasteiger partial charge in [-0.25, -0.2) is 14.4 Å². The van der Waals surface area contributed by atoms with Crippen molar-refractivity contribution in [3.8, 4) is 0 Å². The summed E-state index contributed by atoms with van der Waals surface area (Å²) in [7, 11) is 1.31. The van der Waals surface area contributed by atoms with Crippen molar-refractivity contribution in [1.82, 2.24) is 0 Å². The summed E-state index contributed by atoms with van der Waals surface area (Å²) in [6.45, 7) is 1.86. The smallest absolute Gasteiger partial charge is 0.338 e. The van der Waals surface area contributed by atoms with Crippen molar-refractivity contribution in [2.75, 3.05) is 20.3 Å². The lowest BCUT2D eigenvalue weighted by Crippen LogP contribution is -2.63. The molecule has 14 nitrogen and oxygen atoms in total. The van der Waals surface area contributed by atoms with Crippen LogP contribution in [0.5, 0.6) is 0 Å². The first-order valence-electron chi connectivity index (χ1n) is 16.3. The molecule has 1 unspecified atom stereocenters. The van der Waals surface area contributed by atoms with E-state index < -0.39 is 79.1 Å². The fourth-order valence-electron chi connectivity index (χ4n) is 5.45. The zero-order valence-electron chi connectivity index (χ0n) is 28.6. The van der Waals surface area contributed by atoms with Crippen molar-refractivity contribution in [1.29, 1.82) is 0 Å². The van der Waals surface area contributed by atoms with Gasteiger partial charge in [-0.3, -0.25) is 9.59 Å². The number of carbonyl (C=O) groups excluding carboxylic acids is 5. The minimum absolute atomic E-state index is 0.180. The number of hydrogen-bond donors (Lipinski definition) is 0. The van der Waals surface area contributed by atoms with Crippen molar-refractivity contribution < 1.29 is 66.6 Å². The van der Waals surface area contributed by atoms with Crippen LogP contribution in [0.1, 0.15) is 44.9 Å². The standard InChI is InChI=1S/C38H38O14/c1-23(39)45-21-29-28(47-24(2)40)19-20-31(48-29)46-22-30-32(50-35(41)25-13-7-4-8-14-25)33(51-36(42)26-15-9-5-10-16-26)34(38(44-3)49-30)52-37(43)27-17-11-6-12-18-27/h4-20,28-34,38H,21-22H2,1-3H3/t28-,29-,30+,31?,32+,33-,34+,38-/m0/s1. The third-order valence-electron chi connectivity index (χ3n) is 7.89. The summed E-state index contributed by atoms with van der Waals surface area (Å²) >= 11 is 0. The molecular weight excluding hydrogens is 680 g/mol. The minimum atomic E-state index is -1.48. The summed E-state index contributed by atoms with van der Waals surface area (Å²) in [5.41, 5.74) is 0.565. The molecule has 3 aromatic rings. The molecule has 0 spiro atoms. The van der Waals surface area contributed by atoms with Crippen molar-refractivity contribution in [3.05, 3.63) is 120 Å². The Balaban J connectivity index is 1.46. The topological polar surface area (TPSA) is 168 Å². The van der Waals surface area contributed by atoms with Crippen LogP contribution in [0, 0.1) is 0 Å². The molecule has 0 aromatic heterocycles. The first kappa shape index (κ1) is 37.8. The summed E-state index contributed by atoms with van der Waals surface area (Å²) in [4.78, 5) is 63.7. The Morgan fingerprint density at radius 2 is 1.06 bits per heavy atom. The van der Waals surface area contributed by atoms with Crippen LogP contribution in [-0.2, 0) is 52.2 Å². The van der Waals surface area contributed by atoms with Gasteiger partial charge in [-0.05, 0) is 48.6 Å². The molecule has 0 radical (unpaired) electrons. The predicted molar refractivity (Wildman–Crippen MR) is 179 cm³/mol. The Hall–Kier alpha value is -5.41. The number of esters is 5. The van der Waals surface area contributed by atoms with E-state index in [-0.39, 0.29) is 29.9 Å². The molecule has 274 valence electrons. The number of ether oxygens (including phenoxy) is 9. The SMILES string of the molecule is CO[C@H]1O[C@H](COC2C=C[C@H](OC(C)=O)[C@H](COC(C)=O)O2)[C@@H](OC(=O)c2ccccc2)[C@H](OC(=O)c2ccccc2)[C@H]1OC(=O)c1ccccc1. The van der Waals surface area contributed by atoms with Crippen molar-refractivity contribution in [2.45, 2.75) is 63.1 Å². The highest BCUT2D eigenvalue weighted by Gasteiger charge is 2.53. The highest BCUT2D eigenvalue weighted by molar-refractivity contribution is 5.91. The van der Waals surface area contributed by atoms with Gasteiger partial charge in [0, 0.05) is 21.0 Å². The molecule has 3 aromatic carbocycles. The van der Waals surface area contributed by atoms with Crippen LogP contribution in [0.2, 0.25) is 0 Å². The van der Waals surface area contributed by atoms with Gasteiger partial charge >= 0.3 is 29.8 Å². The van der Waals surface area contributed by atoms with Gasteiger partial charge in [0.15, 0.2) is 30.9 Å². The molecule has 0 bridgehead atoms. The molecule has 14 heteroatoms. The number of methoxy groups -OCH3 is 1. The van der Waals surface area contributed by atoms with Crippen LogP contribution in [0.3, 0.4) is 0 Å². The van der Waals surface area contributed by atoms with Crippen molar-refractivity contribution in [2.24, 2.45) is 0 Å². The van der Waals surface area contributed by atoms with Gasteiger partial charge in [-0.2, -0.15) is 0 Å². The van der Waals surface area contributed by atoms with Crippen LogP contribution in [0.15, 0.2) is 103 Å². The maximum atomic E-state index is 13.6. The molecule has 2 aliphatic heterocycles. The van der Waals surface area contributed by atoms with E-state index >= 15 is 0 Å². The molecule has 2 heterocycles. The van der Waals surface area contributed by atoms with Crippen LogP contribution in [0.25, 0.3) is 0 Å². The Bertz CT molecular complexity index is 1700. The summed E-state index contributed by atoms with van der Waals surface area (Å²) in [6.07, 6.45) is -6.75. The molecule has 1 saturated heterocycles. The monoisotopic (exact) mass is 718 g/mol. The Kier molecular flexibility index (Phi) is 13.2. The molecule has 8 atom stereocenters. The quantitative estimate of drug-likeness (QED) is 0.142. The van der Waals surface area contributed by atoms with Crippen molar-refractivity contribution in [3.63, 3.8) is 0 Å². The van der Waals surface area contributed by atoms with E-state index in [1.165, 1.54) is 57.4 Å². The summed E-state index contributed by atoms with van der Waals surface area (Å²) in [5, 5.41) is 0. The van der Waals surface area contributed by atoms with Gasteiger partial charge in [0.05, 0.1) is 23.3 Å². The van der Waals surface area contributed by atoms with Crippen LogP contribution in [0.4, 0.5) is 0 Å². The average molecular weight is 719 g/mol. The zero-order chi connectivity index (χ0) is 37.0. The lowest BCUT2D eigenvalue weighted by molar-refractivity contribution is -0.301. The van der Waals surface area contributed by atoms with Crippen molar-refractivity contribution >= 4 is 29.8 Å². The normalized spacial score (nSPS) is 25.3. The summed E-state index contributed by atoms with van der Waals surface area (Å²) < 4.78 is 52.1. The summed E-state index contributed by atoms with van der Waals surface area (Å²) in [5.74, 6) is -3.51. The minimum Gasteiger partial charge on any atom is -0.463 e. The van der Waals surface area contributed by atoms with E-state index in [4.69, 9.17) is 42.6 Å². The number of benzene rings is 3. The van der Waals surface area contributed by atoms with E-state index in [2.05, 4.69) is 0 Å². The van der Waals surface area contributed by atoms with Crippen LogP contribution in [-0.4, -0.2) is 99.4 Å². The van der Waals surface area contributed by atoms with Crippen LogP contribution >= 0.6 is 0 Å². The number of carbonyl (C=O) groups is 5. The van der Waals surface area contributed by atoms with Gasteiger partial charge in [0.2, 0.25) is 0 Å². The lowest BCUT2D eigenvalue weighted by atomic mass is 9.97. The predicted octanol–water partition coefficient (Wildman–Crippen LogP) is 3.83. The van der Waals surface area contributed by atoms with E-state index in [1.54, 1.807) is 66.7 Å². The third kappa shape index (κ3) is 10.1. The lowest BCUT2D eigenvalue weighted by Gasteiger charge is -2.44. The molecule has 0 amide bonds. The third-order valence-corrected chi connectivity index (χ3v) is 7.89. The molecule has 5 rings (SSSR count). The first-order valence-corrected chi connectivity index (χ1v) is 16.3. The van der Waals surface area contributed by atoms with Gasteiger partial charge in [0.1, 0.15) is 24.9 Å². The molecule has 1 fully saturated rings. The molecule has 52 heavy (non-hydrogen) atoms. The maximum Gasteiger partial charge on any atom is 0.338 e. The first-order chi connectivity index (χ1) is 25.1. The number of rotatable bonds is 13. The highest BCUT2D eigenvalue weighted by Crippen LogP contribution is 2.32. The molecule has 0 N–H and O–H groups in total. The van der Waals surface area contributed by atoms with E-state index in [1.807, 2.05) is 0 Å². The largest absolute Gasteiger partial charge is 0.463 e. The second-order valence-corrected chi connectivity index (χ2v) is 11.6. The second-order valence-electron chi connectivity index (χ2n) is 11.6. The second kappa shape index (κ2) is 18.2. The van der Waals surface area contributed by atoms with Gasteiger partial charge in [0.25, 0.3) is 0 Å². The Labute approximate surface area is 299 Å². The van der Waals surface area contributed by atoms with Gasteiger partial charge in [-0.15, -0.1) is 0 Å². The molecular formula is C38H38O14. The van der Waals surface area contributed by atoms with E-state index in [9.17, 15) is 24.0 Å². The maximum absolute atomic E-state index is 13.6. The Morgan fingerprint density at radius 3 is 1.54 bits per heavy atom. The van der Waals surface area contributed by atoms with Crippen LogP contribution < -0.4 is 0 Å². The van der Waals surface area contributed by atoms with E-state index in [0.29, 0.717) is 0 Å².